The van der Waals surface area contributed by atoms with Crippen molar-refractivity contribution in [2.75, 3.05) is 26.2 Å². The Morgan fingerprint density at radius 2 is 2.00 bits per heavy atom. The van der Waals surface area contributed by atoms with Crippen molar-refractivity contribution in [2.45, 2.75) is 11.4 Å². The van der Waals surface area contributed by atoms with Crippen LogP contribution in [0.3, 0.4) is 0 Å². The van der Waals surface area contributed by atoms with Gasteiger partial charge in [-0.25, -0.2) is 18.4 Å². The van der Waals surface area contributed by atoms with Gasteiger partial charge in [0.2, 0.25) is 0 Å². The number of hydrogen-bond acceptors (Lipinski definition) is 6. The second-order valence-corrected chi connectivity index (χ2v) is 9.23. The monoisotopic (exact) mass is 405 g/mol. The second kappa shape index (κ2) is 7.02. The Morgan fingerprint density at radius 1 is 1.15 bits per heavy atom. The van der Waals surface area contributed by atoms with E-state index in [0.717, 1.165) is 10.2 Å². The molecule has 1 fully saturated rings. The molecule has 1 aromatic carbocycles. The van der Waals surface area contributed by atoms with Gasteiger partial charge in [0.25, 0.3) is 15.9 Å². The van der Waals surface area contributed by atoms with Crippen molar-refractivity contribution in [3.05, 3.63) is 41.8 Å². The van der Waals surface area contributed by atoms with Crippen LogP contribution in [-0.4, -0.2) is 64.2 Å². The molecular formula is C17H19N5O3S2. The highest BCUT2D eigenvalue weighted by Crippen LogP contribution is 2.21. The molecule has 1 amide bonds. The molecule has 4 rings (SSSR count). The molecule has 0 radical (unpaired) electrons. The zero-order chi connectivity index (χ0) is 19.0. The Kier molecular flexibility index (Phi) is 4.70. The maximum Gasteiger partial charge on any atom is 0.262 e. The molecular weight excluding hydrogens is 386 g/mol. The quantitative estimate of drug-likeness (QED) is 0.660. The van der Waals surface area contributed by atoms with E-state index in [1.807, 2.05) is 12.1 Å². The highest BCUT2D eigenvalue weighted by molar-refractivity contribution is 7.89. The fraction of sp³-hybridized carbons (Fsp3) is 0.353. The summed E-state index contributed by atoms with van der Waals surface area (Å²) in [7, 11) is -1.91. The zero-order valence-electron chi connectivity index (χ0n) is 14.8. The molecule has 0 spiro atoms. The molecule has 0 bridgehead atoms. The SMILES string of the molecule is Cn1cnc(S(=O)(=O)N2CCCN(C(=O)c3ccc4ncsc4c3)CC2)c1. The van der Waals surface area contributed by atoms with Crippen LogP contribution in [0.1, 0.15) is 16.8 Å². The molecule has 1 aliphatic rings. The molecule has 0 unspecified atom stereocenters. The van der Waals surface area contributed by atoms with E-state index in [9.17, 15) is 13.2 Å². The number of nitrogens with zero attached hydrogens (tertiary/aromatic N) is 5. The Bertz CT molecular complexity index is 1090. The molecule has 0 aliphatic carbocycles. The van der Waals surface area contributed by atoms with Crippen molar-refractivity contribution >= 4 is 37.5 Å². The molecule has 27 heavy (non-hydrogen) atoms. The first-order valence-electron chi connectivity index (χ1n) is 8.56. The van der Waals surface area contributed by atoms with Gasteiger partial charge in [-0.05, 0) is 24.6 Å². The molecule has 10 heteroatoms. The van der Waals surface area contributed by atoms with E-state index in [1.54, 1.807) is 28.1 Å². The van der Waals surface area contributed by atoms with Crippen LogP contribution in [0.4, 0.5) is 0 Å². The fourth-order valence-electron chi connectivity index (χ4n) is 3.16. The predicted molar refractivity (Wildman–Crippen MR) is 102 cm³/mol. The van der Waals surface area contributed by atoms with Crippen LogP contribution < -0.4 is 0 Å². The van der Waals surface area contributed by atoms with Crippen molar-refractivity contribution in [3.8, 4) is 0 Å². The summed E-state index contributed by atoms with van der Waals surface area (Å²) in [6.07, 6.45) is 3.55. The lowest BCUT2D eigenvalue weighted by Crippen LogP contribution is -2.37. The number of benzene rings is 1. The van der Waals surface area contributed by atoms with E-state index in [-0.39, 0.29) is 17.5 Å². The third-order valence-electron chi connectivity index (χ3n) is 4.61. The molecule has 3 aromatic rings. The Balaban J connectivity index is 1.50. The van der Waals surface area contributed by atoms with Crippen molar-refractivity contribution < 1.29 is 13.2 Å². The molecule has 2 aromatic heterocycles. The van der Waals surface area contributed by atoms with Gasteiger partial charge in [0.1, 0.15) is 0 Å². The average molecular weight is 406 g/mol. The largest absolute Gasteiger partial charge is 0.339 e. The fourth-order valence-corrected chi connectivity index (χ4v) is 5.31. The summed E-state index contributed by atoms with van der Waals surface area (Å²) in [6, 6.07) is 5.47. The number of thiazole rings is 1. The Morgan fingerprint density at radius 3 is 2.78 bits per heavy atom. The van der Waals surface area contributed by atoms with Gasteiger partial charge < -0.3 is 9.47 Å². The van der Waals surface area contributed by atoms with Crippen LogP contribution in [-0.2, 0) is 17.1 Å². The highest BCUT2D eigenvalue weighted by Gasteiger charge is 2.30. The van der Waals surface area contributed by atoms with Crippen LogP contribution in [0.25, 0.3) is 10.2 Å². The van der Waals surface area contributed by atoms with E-state index in [1.165, 1.54) is 28.2 Å². The molecule has 0 N–H and O–H groups in total. The van der Waals surface area contributed by atoms with Gasteiger partial charge in [-0.3, -0.25) is 4.79 Å². The van der Waals surface area contributed by atoms with Crippen molar-refractivity contribution in [3.63, 3.8) is 0 Å². The minimum absolute atomic E-state index is 0.0421. The van der Waals surface area contributed by atoms with Crippen molar-refractivity contribution in [2.24, 2.45) is 7.05 Å². The van der Waals surface area contributed by atoms with Gasteiger partial charge in [-0.2, -0.15) is 4.31 Å². The first kappa shape index (κ1) is 18.1. The summed E-state index contributed by atoms with van der Waals surface area (Å²) < 4.78 is 29.5. The Labute approximate surface area is 161 Å². The summed E-state index contributed by atoms with van der Waals surface area (Å²) >= 11 is 1.49. The van der Waals surface area contributed by atoms with Crippen LogP contribution in [0, 0.1) is 0 Å². The minimum atomic E-state index is -3.64. The molecule has 142 valence electrons. The third-order valence-corrected chi connectivity index (χ3v) is 7.18. The number of amides is 1. The van der Waals surface area contributed by atoms with Crippen molar-refractivity contribution in [1.82, 2.24) is 23.7 Å². The number of carbonyl (C=O) groups is 1. The Hall–Kier alpha value is -2.30. The maximum absolute atomic E-state index is 12.9. The number of imidazole rings is 1. The molecule has 0 saturated carbocycles. The summed E-state index contributed by atoms with van der Waals surface area (Å²) in [5.41, 5.74) is 3.23. The minimum Gasteiger partial charge on any atom is -0.339 e. The maximum atomic E-state index is 12.9. The normalized spacial score (nSPS) is 16.6. The summed E-state index contributed by atoms with van der Waals surface area (Å²) in [4.78, 5) is 22.8. The topological polar surface area (TPSA) is 88.4 Å². The predicted octanol–water partition coefficient (Wildman–Crippen LogP) is 1.57. The van der Waals surface area contributed by atoms with E-state index in [0.29, 0.717) is 31.6 Å². The molecule has 1 saturated heterocycles. The van der Waals surface area contributed by atoms with E-state index >= 15 is 0 Å². The first-order chi connectivity index (χ1) is 12.9. The number of aromatic nitrogens is 3. The van der Waals surface area contributed by atoms with Crippen LogP contribution in [0.15, 0.2) is 41.3 Å². The van der Waals surface area contributed by atoms with Gasteiger partial charge in [0.15, 0.2) is 5.03 Å². The lowest BCUT2D eigenvalue weighted by atomic mass is 10.2. The van der Waals surface area contributed by atoms with Gasteiger partial charge >= 0.3 is 0 Å². The van der Waals surface area contributed by atoms with Gasteiger partial charge in [-0.15, -0.1) is 11.3 Å². The smallest absolute Gasteiger partial charge is 0.262 e. The van der Waals surface area contributed by atoms with Gasteiger partial charge in [0, 0.05) is 45.0 Å². The number of hydrogen-bond donors (Lipinski definition) is 0. The summed E-state index contributed by atoms with van der Waals surface area (Å²) in [6.45, 7) is 1.50. The number of carbonyl (C=O) groups excluding carboxylic acids is 1. The first-order valence-corrected chi connectivity index (χ1v) is 10.9. The van der Waals surface area contributed by atoms with Gasteiger partial charge in [-0.1, -0.05) is 0 Å². The molecule has 3 heterocycles. The molecule has 1 aliphatic heterocycles. The van der Waals surface area contributed by atoms with Crippen molar-refractivity contribution in [1.29, 1.82) is 0 Å². The average Bonchev–Trinajstić information content (AvgIpc) is 3.22. The standard InChI is InChI=1S/C17H19N5O3S2/c1-20-10-16(18-11-20)27(24,25)22-6-2-5-21(7-8-22)17(23)13-3-4-14-15(9-13)26-12-19-14/h3-4,9-12H,2,5-8H2,1H3. The lowest BCUT2D eigenvalue weighted by molar-refractivity contribution is 0.0764. The number of rotatable bonds is 3. The van der Waals surface area contributed by atoms with Crippen LogP contribution in [0.5, 0.6) is 0 Å². The van der Waals surface area contributed by atoms with Crippen LogP contribution in [0.2, 0.25) is 0 Å². The summed E-state index contributed by atoms with van der Waals surface area (Å²) in [5.74, 6) is -0.0811. The van der Waals surface area contributed by atoms with Gasteiger partial charge in [0.05, 0.1) is 22.1 Å². The lowest BCUT2D eigenvalue weighted by Gasteiger charge is -2.21. The molecule has 8 nitrogen and oxygen atoms in total. The number of aryl methyl sites for hydroxylation is 1. The summed E-state index contributed by atoms with van der Waals surface area (Å²) in [5, 5.41) is 0.0421. The second-order valence-electron chi connectivity index (χ2n) is 6.46. The highest BCUT2D eigenvalue weighted by atomic mass is 32.2. The third kappa shape index (κ3) is 3.47. The number of sulfonamides is 1. The zero-order valence-corrected chi connectivity index (χ0v) is 16.4. The van der Waals surface area contributed by atoms with Crippen LogP contribution >= 0.6 is 11.3 Å². The van der Waals surface area contributed by atoms with E-state index in [2.05, 4.69) is 9.97 Å². The van der Waals surface area contributed by atoms with E-state index < -0.39 is 10.0 Å². The van der Waals surface area contributed by atoms with E-state index in [4.69, 9.17) is 0 Å². The molecule has 0 atom stereocenters. The number of fused-ring (bicyclic) bond motifs is 1.